The quantitative estimate of drug-likeness (QED) is 0.582. The molecule has 6 heteroatoms. The van der Waals surface area contributed by atoms with E-state index in [9.17, 15) is 9.59 Å². The number of hydrogen-bond donors (Lipinski definition) is 3. The molecule has 0 saturated carbocycles. The maximum absolute atomic E-state index is 11.3. The fraction of sp³-hybridized carbons (Fsp3) is 0.778. The van der Waals surface area contributed by atoms with Gasteiger partial charge in [-0.25, -0.2) is 4.79 Å². The molecule has 86 valence electrons. The molecule has 1 aliphatic heterocycles. The van der Waals surface area contributed by atoms with E-state index in [4.69, 9.17) is 10.5 Å². The van der Waals surface area contributed by atoms with Crippen LogP contribution in [0, 0.1) is 0 Å². The lowest BCUT2D eigenvalue weighted by Gasteiger charge is -2.25. The molecule has 1 saturated heterocycles. The first-order valence-electron chi connectivity index (χ1n) is 5.06. The van der Waals surface area contributed by atoms with Gasteiger partial charge in [0.1, 0.15) is 6.10 Å². The summed E-state index contributed by atoms with van der Waals surface area (Å²) in [6.07, 6.45) is 1.35. The first-order chi connectivity index (χ1) is 7.09. The number of amides is 3. The third kappa shape index (κ3) is 4.26. The SMILES string of the molecule is CC(O[C@H]1CCCNC1)C(=O)NC(N)=O. The van der Waals surface area contributed by atoms with E-state index in [2.05, 4.69) is 5.32 Å². The van der Waals surface area contributed by atoms with Crippen molar-refractivity contribution in [1.82, 2.24) is 10.6 Å². The smallest absolute Gasteiger partial charge is 0.318 e. The lowest BCUT2D eigenvalue weighted by atomic mass is 10.1. The summed E-state index contributed by atoms with van der Waals surface area (Å²) in [6.45, 7) is 3.34. The molecule has 0 spiro atoms. The van der Waals surface area contributed by atoms with Gasteiger partial charge in [0.05, 0.1) is 6.10 Å². The fourth-order valence-electron chi connectivity index (χ4n) is 1.51. The van der Waals surface area contributed by atoms with Crippen molar-refractivity contribution < 1.29 is 14.3 Å². The van der Waals surface area contributed by atoms with Crippen LogP contribution in [0.15, 0.2) is 0 Å². The monoisotopic (exact) mass is 215 g/mol. The Morgan fingerprint density at radius 1 is 1.60 bits per heavy atom. The Hall–Kier alpha value is -1.14. The molecule has 0 aromatic heterocycles. The molecule has 1 rings (SSSR count). The van der Waals surface area contributed by atoms with E-state index in [1.807, 2.05) is 5.32 Å². The zero-order valence-corrected chi connectivity index (χ0v) is 8.79. The van der Waals surface area contributed by atoms with Gasteiger partial charge in [0.25, 0.3) is 5.91 Å². The van der Waals surface area contributed by atoms with Crippen LogP contribution in [0.1, 0.15) is 19.8 Å². The van der Waals surface area contributed by atoms with Gasteiger partial charge in [0.15, 0.2) is 0 Å². The van der Waals surface area contributed by atoms with E-state index in [0.717, 1.165) is 25.9 Å². The van der Waals surface area contributed by atoms with Crippen molar-refractivity contribution in [2.45, 2.75) is 32.0 Å². The van der Waals surface area contributed by atoms with Crippen LogP contribution in [-0.4, -0.2) is 37.2 Å². The molecule has 0 aromatic rings. The molecule has 2 atom stereocenters. The molecule has 1 unspecified atom stereocenters. The summed E-state index contributed by atoms with van der Waals surface area (Å²) in [5.41, 5.74) is 4.83. The summed E-state index contributed by atoms with van der Waals surface area (Å²) < 4.78 is 5.47. The summed E-state index contributed by atoms with van der Waals surface area (Å²) in [5.74, 6) is -0.493. The molecule has 3 amide bonds. The zero-order chi connectivity index (χ0) is 11.3. The number of nitrogens with one attached hydrogen (secondary N) is 2. The minimum Gasteiger partial charge on any atom is -0.364 e. The highest BCUT2D eigenvalue weighted by Crippen LogP contribution is 2.08. The van der Waals surface area contributed by atoms with E-state index < -0.39 is 18.0 Å². The number of hydrogen-bond acceptors (Lipinski definition) is 4. The molecule has 1 aliphatic rings. The normalized spacial score (nSPS) is 23.1. The van der Waals surface area contributed by atoms with Crippen molar-refractivity contribution in [2.75, 3.05) is 13.1 Å². The highest BCUT2D eigenvalue weighted by Gasteiger charge is 2.21. The molecule has 6 nitrogen and oxygen atoms in total. The molecule has 0 radical (unpaired) electrons. The maximum Gasteiger partial charge on any atom is 0.318 e. The number of nitrogens with two attached hydrogens (primary N) is 1. The van der Waals surface area contributed by atoms with Crippen LogP contribution in [0.2, 0.25) is 0 Å². The second-order valence-electron chi connectivity index (χ2n) is 3.60. The summed E-state index contributed by atoms with van der Waals surface area (Å²) in [6, 6.07) is -0.850. The number of piperidine rings is 1. The molecule has 1 fully saturated rings. The lowest BCUT2D eigenvalue weighted by Crippen LogP contribution is -2.45. The first kappa shape index (κ1) is 11.9. The van der Waals surface area contributed by atoms with Crippen molar-refractivity contribution in [3.05, 3.63) is 0 Å². The zero-order valence-electron chi connectivity index (χ0n) is 8.79. The van der Waals surface area contributed by atoms with Crippen molar-refractivity contribution in [3.8, 4) is 0 Å². The number of carbonyl (C=O) groups excluding carboxylic acids is 2. The number of ether oxygens (including phenoxy) is 1. The van der Waals surface area contributed by atoms with Gasteiger partial charge in [-0.3, -0.25) is 10.1 Å². The number of carbonyl (C=O) groups is 2. The van der Waals surface area contributed by atoms with Crippen LogP contribution in [0.5, 0.6) is 0 Å². The van der Waals surface area contributed by atoms with Crippen LogP contribution < -0.4 is 16.4 Å². The van der Waals surface area contributed by atoms with Gasteiger partial charge in [0.2, 0.25) is 0 Å². The average molecular weight is 215 g/mol. The van der Waals surface area contributed by atoms with Crippen LogP contribution in [-0.2, 0) is 9.53 Å². The molecular formula is C9H17N3O3. The van der Waals surface area contributed by atoms with Gasteiger partial charge < -0.3 is 15.8 Å². The molecule has 15 heavy (non-hydrogen) atoms. The second kappa shape index (κ2) is 5.67. The van der Waals surface area contributed by atoms with Crippen LogP contribution >= 0.6 is 0 Å². The van der Waals surface area contributed by atoms with Gasteiger partial charge >= 0.3 is 6.03 Å². The second-order valence-corrected chi connectivity index (χ2v) is 3.60. The van der Waals surface area contributed by atoms with Crippen molar-refractivity contribution in [3.63, 3.8) is 0 Å². The predicted octanol–water partition coefficient (Wildman–Crippen LogP) is -0.662. The van der Waals surface area contributed by atoms with Crippen molar-refractivity contribution in [1.29, 1.82) is 0 Å². The number of primary amides is 1. The summed E-state index contributed by atoms with van der Waals surface area (Å²) in [4.78, 5) is 21.7. The van der Waals surface area contributed by atoms with E-state index in [0.29, 0.717) is 0 Å². The minimum atomic E-state index is -0.850. The molecule has 1 heterocycles. The topological polar surface area (TPSA) is 93.4 Å². The lowest BCUT2D eigenvalue weighted by molar-refractivity contribution is -0.134. The van der Waals surface area contributed by atoms with Gasteiger partial charge in [-0.1, -0.05) is 0 Å². The molecule has 0 bridgehead atoms. The highest BCUT2D eigenvalue weighted by atomic mass is 16.5. The largest absolute Gasteiger partial charge is 0.364 e. The van der Waals surface area contributed by atoms with Gasteiger partial charge in [-0.2, -0.15) is 0 Å². The summed E-state index contributed by atoms with van der Waals surface area (Å²) >= 11 is 0. The van der Waals surface area contributed by atoms with E-state index in [1.54, 1.807) is 6.92 Å². The Bertz CT molecular complexity index is 239. The molecule has 0 aliphatic carbocycles. The van der Waals surface area contributed by atoms with E-state index >= 15 is 0 Å². The minimum absolute atomic E-state index is 0.0346. The summed E-state index contributed by atoms with van der Waals surface area (Å²) in [5, 5.41) is 5.16. The van der Waals surface area contributed by atoms with Crippen molar-refractivity contribution in [2.24, 2.45) is 5.73 Å². The predicted molar refractivity (Wildman–Crippen MR) is 54.2 cm³/mol. The highest BCUT2D eigenvalue weighted by molar-refractivity contribution is 5.95. The maximum atomic E-state index is 11.3. The van der Waals surface area contributed by atoms with Gasteiger partial charge in [-0.05, 0) is 26.3 Å². The Kier molecular flexibility index (Phi) is 4.51. The Morgan fingerprint density at radius 3 is 2.87 bits per heavy atom. The Balaban J connectivity index is 2.29. The van der Waals surface area contributed by atoms with E-state index in [-0.39, 0.29) is 6.10 Å². The summed E-state index contributed by atoms with van der Waals surface area (Å²) in [7, 11) is 0. The third-order valence-electron chi connectivity index (χ3n) is 2.26. The number of rotatable bonds is 3. The number of imide groups is 1. The molecule has 4 N–H and O–H groups in total. The Labute approximate surface area is 88.5 Å². The standard InChI is InChI=1S/C9H17N3O3/c1-6(8(13)12-9(10)14)15-7-3-2-4-11-5-7/h6-7,11H,2-5H2,1H3,(H3,10,12,13,14)/t6?,7-/m0/s1. The van der Waals surface area contributed by atoms with Gasteiger partial charge in [0, 0.05) is 6.54 Å². The van der Waals surface area contributed by atoms with Gasteiger partial charge in [-0.15, -0.1) is 0 Å². The average Bonchev–Trinajstić information content (AvgIpc) is 2.18. The van der Waals surface area contributed by atoms with Crippen LogP contribution in [0.25, 0.3) is 0 Å². The van der Waals surface area contributed by atoms with E-state index in [1.165, 1.54) is 0 Å². The first-order valence-corrected chi connectivity index (χ1v) is 5.06. The van der Waals surface area contributed by atoms with Crippen LogP contribution in [0.4, 0.5) is 4.79 Å². The fourth-order valence-corrected chi connectivity index (χ4v) is 1.51. The third-order valence-corrected chi connectivity index (χ3v) is 2.26. The molecule has 0 aromatic carbocycles. The molecular weight excluding hydrogens is 198 g/mol. The Morgan fingerprint density at radius 2 is 2.33 bits per heavy atom. The number of urea groups is 1. The van der Waals surface area contributed by atoms with Crippen molar-refractivity contribution >= 4 is 11.9 Å². The van der Waals surface area contributed by atoms with Crippen LogP contribution in [0.3, 0.4) is 0 Å².